The van der Waals surface area contributed by atoms with Crippen molar-refractivity contribution in [2.45, 2.75) is 26.0 Å². The van der Waals surface area contributed by atoms with Crippen molar-refractivity contribution in [3.05, 3.63) is 107 Å². The maximum Gasteiger partial charge on any atom is 0.0824 e. The topological polar surface area (TPSA) is 23.5 Å². The van der Waals surface area contributed by atoms with Gasteiger partial charge in [0.25, 0.3) is 0 Å². The van der Waals surface area contributed by atoms with Gasteiger partial charge in [-0.05, 0) is 35.6 Å². The van der Waals surface area contributed by atoms with Gasteiger partial charge in [-0.15, -0.1) is 0 Å². The van der Waals surface area contributed by atoms with Crippen LogP contribution in [0.25, 0.3) is 0 Å². The number of aliphatic hydroxyl groups excluding tert-OH is 1. The highest BCUT2D eigenvalue weighted by atomic mass is 16.3. The third kappa shape index (κ3) is 5.04. The molecule has 1 heterocycles. The van der Waals surface area contributed by atoms with Crippen LogP contribution in [-0.4, -0.2) is 23.1 Å². The number of aliphatic hydroxyl groups is 1. The normalized spacial score (nSPS) is 19.6. The SMILES string of the molecule is C/C=C1/CN(Cc2ccccc2)C/C1=C/C=C/CC(O)c1ccccc1. The van der Waals surface area contributed by atoms with E-state index in [1.165, 1.54) is 16.7 Å². The molecule has 1 N–H and O–H groups in total. The number of hydrogen-bond acceptors (Lipinski definition) is 2. The molecule has 1 unspecified atom stereocenters. The van der Waals surface area contributed by atoms with E-state index in [0.29, 0.717) is 6.42 Å². The first-order chi connectivity index (χ1) is 12.8. The fourth-order valence-electron chi connectivity index (χ4n) is 3.33. The molecule has 2 heteroatoms. The lowest BCUT2D eigenvalue weighted by Crippen LogP contribution is -2.18. The molecule has 26 heavy (non-hydrogen) atoms. The molecule has 0 saturated carbocycles. The maximum absolute atomic E-state index is 10.2. The maximum atomic E-state index is 10.2. The zero-order valence-electron chi connectivity index (χ0n) is 15.4. The zero-order chi connectivity index (χ0) is 18.2. The monoisotopic (exact) mass is 345 g/mol. The van der Waals surface area contributed by atoms with Crippen LogP contribution >= 0.6 is 0 Å². The highest BCUT2D eigenvalue weighted by molar-refractivity contribution is 5.40. The number of nitrogens with zero attached hydrogens (tertiary/aromatic N) is 1. The van der Waals surface area contributed by atoms with E-state index in [0.717, 1.165) is 25.2 Å². The summed E-state index contributed by atoms with van der Waals surface area (Å²) >= 11 is 0. The van der Waals surface area contributed by atoms with Gasteiger partial charge in [0.05, 0.1) is 6.10 Å². The van der Waals surface area contributed by atoms with Crippen LogP contribution in [0.15, 0.2) is 96.1 Å². The van der Waals surface area contributed by atoms with E-state index < -0.39 is 6.10 Å². The lowest BCUT2D eigenvalue weighted by atomic mass is 10.1. The Morgan fingerprint density at radius 1 is 0.962 bits per heavy atom. The molecule has 0 radical (unpaired) electrons. The molecule has 1 fully saturated rings. The summed E-state index contributed by atoms with van der Waals surface area (Å²) in [6, 6.07) is 20.4. The van der Waals surface area contributed by atoms with Gasteiger partial charge in [-0.25, -0.2) is 0 Å². The van der Waals surface area contributed by atoms with E-state index in [1.54, 1.807) is 0 Å². The minimum atomic E-state index is -0.440. The standard InChI is InChI=1S/C24H27NO/c1-2-21-18-25(17-20-11-5-3-6-12-20)19-23(21)15-9-10-16-24(26)22-13-7-4-8-14-22/h2-15,24,26H,16-19H2,1H3/b10-9+,21-2-,23-15-. The first kappa shape index (κ1) is 18.4. The minimum Gasteiger partial charge on any atom is -0.388 e. The number of benzene rings is 2. The smallest absolute Gasteiger partial charge is 0.0824 e. The fourth-order valence-corrected chi connectivity index (χ4v) is 3.33. The summed E-state index contributed by atoms with van der Waals surface area (Å²) in [5, 5.41) is 10.2. The quantitative estimate of drug-likeness (QED) is 0.791. The number of allylic oxidation sites excluding steroid dienone is 3. The fraction of sp³-hybridized carbons (Fsp3) is 0.250. The van der Waals surface area contributed by atoms with Crippen LogP contribution in [-0.2, 0) is 6.54 Å². The van der Waals surface area contributed by atoms with Gasteiger partial charge in [-0.1, -0.05) is 85.0 Å². The van der Waals surface area contributed by atoms with E-state index in [-0.39, 0.29) is 0 Å². The van der Waals surface area contributed by atoms with Crippen molar-refractivity contribution in [1.29, 1.82) is 0 Å². The second-order valence-electron chi connectivity index (χ2n) is 6.73. The second-order valence-corrected chi connectivity index (χ2v) is 6.73. The van der Waals surface area contributed by atoms with Crippen LogP contribution in [0.1, 0.15) is 30.6 Å². The first-order valence-corrected chi connectivity index (χ1v) is 9.27. The molecule has 1 atom stereocenters. The van der Waals surface area contributed by atoms with Crippen LogP contribution in [0.5, 0.6) is 0 Å². The van der Waals surface area contributed by atoms with Gasteiger partial charge in [0.1, 0.15) is 0 Å². The molecule has 2 aromatic carbocycles. The Morgan fingerprint density at radius 2 is 1.62 bits per heavy atom. The lowest BCUT2D eigenvalue weighted by molar-refractivity contribution is 0.181. The summed E-state index contributed by atoms with van der Waals surface area (Å²) in [5.41, 5.74) is 5.09. The summed E-state index contributed by atoms with van der Waals surface area (Å²) < 4.78 is 0. The number of likely N-dealkylation sites (tertiary alicyclic amines) is 1. The van der Waals surface area contributed by atoms with Gasteiger partial charge in [0.15, 0.2) is 0 Å². The summed E-state index contributed by atoms with van der Waals surface area (Å²) in [5.74, 6) is 0. The first-order valence-electron chi connectivity index (χ1n) is 9.27. The predicted molar refractivity (Wildman–Crippen MR) is 109 cm³/mol. The molecule has 1 aliphatic heterocycles. The molecule has 0 aliphatic carbocycles. The molecule has 0 bridgehead atoms. The Morgan fingerprint density at radius 3 is 2.31 bits per heavy atom. The summed E-state index contributed by atoms with van der Waals surface area (Å²) in [4.78, 5) is 2.46. The van der Waals surface area contributed by atoms with Crippen LogP contribution in [0.4, 0.5) is 0 Å². The van der Waals surface area contributed by atoms with Gasteiger partial charge >= 0.3 is 0 Å². The molecule has 1 aliphatic rings. The molecule has 3 rings (SSSR count). The van der Waals surface area contributed by atoms with Crippen molar-refractivity contribution in [2.75, 3.05) is 13.1 Å². The largest absolute Gasteiger partial charge is 0.388 e. The van der Waals surface area contributed by atoms with E-state index in [1.807, 2.05) is 30.3 Å². The molecule has 0 spiro atoms. The predicted octanol–water partition coefficient (Wildman–Crippen LogP) is 5.05. The van der Waals surface area contributed by atoms with Crippen LogP contribution in [0.2, 0.25) is 0 Å². The van der Waals surface area contributed by atoms with Crippen molar-refractivity contribution in [2.24, 2.45) is 0 Å². The third-order valence-corrected chi connectivity index (χ3v) is 4.78. The molecule has 2 nitrogen and oxygen atoms in total. The highest BCUT2D eigenvalue weighted by Gasteiger charge is 2.20. The molecule has 1 saturated heterocycles. The van der Waals surface area contributed by atoms with Crippen molar-refractivity contribution < 1.29 is 5.11 Å². The number of rotatable bonds is 6. The van der Waals surface area contributed by atoms with Gasteiger partial charge in [-0.3, -0.25) is 4.90 Å². The van der Waals surface area contributed by atoms with Gasteiger partial charge in [-0.2, -0.15) is 0 Å². The van der Waals surface area contributed by atoms with Crippen molar-refractivity contribution >= 4 is 0 Å². The second kappa shape index (κ2) is 9.33. The lowest BCUT2D eigenvalue weighted by Gasteiger charge is -2.13. The van der Waals surface area contributed by atoms with Crippen LogP contribution in [0, 0.1) is 0 Å². The third-order valence-electron chi connectivity index (χ3n) is 4.78. The average Bonchev–Trinajstić information content (AvgIpc) is 3.08. The Kier molecular flexibility index (Phi) is 6.59. The minimum absolute atomic E-state index is 0.440. The molecule has 2 aromatic rings. The summed E-state index contributed by atoms with van der Waals surface area (Å²) in [7, 11) is 0. The van der Waals surface area contributed by atoms with Crippen molar-refractivity contribution in [3.63, 3.8) is 0 Å². The zero-order valence-corrected chi connectivity index (χ0v) is 15.4. The van der Waals surface area contributed by atoms with E-state index in [2.05, 4.69) is 66.5 Å². The van der Waals surface area contributed by atoms with E-state index >= 15 is 0 Å². The molecule has 0 amide bonds. The average molecular weight is 345 g/mol. The van der Waals surface area contributed by atoms with Crippen LogP contribution in [0.3, 0.4) is 0 Å². The Balaban J connectivity index is 1.57. The van der Waals surface area contributed by atoms with E-state index in [4.69, 9.17) is 0 Å². The number of hydrogen-bond donors (Lipinski definition) is 1. The van der Waals surface area contributed by atoms with Crippen molar-refractivity contribution in [1.82, 2.24) is 4.90 Å². The molecule has 0 aromatic heterocycles. The van der Waals surface area contributed by atoms with Crippen molar-refractivity contribution in [3.8, 4) is 0 Å². The Labute approximate surface area is 156 Å². The van der Waals surface area contributed by atoms with Gasteiger partial charge in [0, 0.05) is 19.6 Å². The van der Waals surface area contributed by atoms with Gasteiger partial charge in [0.2, 0.25) is 0 Å². The molecular weight excluding hydrogens is 318 g/mol. The molecule has 134 valence electrons. The molecular formula is C24H27NO. The summed E-state index contributed by atoms with van der Waals surface area (Å²) in [6.07, 6.45) is 8.73. The highest BCUT2D eigenvalue weighted by Crippen LogP contribution is 2.24. The Bertz CT molecular complexity index is 774. The van der Waals surface area contributed by atoms with E-state index in [9.17, 15) is 5.11 Å². The van der Waals surface area contributed by atoms with Crippen LogP contribution < -0.4 is 0 Å². The Hall–Kier alpha value is -2.42. The summed E-state index contributed by atoms with van der Waals surface area (Å²) in [6.45, 7) is 5.06. The van der Waals surface area contributed by atoms with Gasteiger partial charge < -0.3 is 5.11 Å².